The minimum atomic E-state index is 0.895. The molecule has 4 aromatic rings. The Hall–Kier alpha value is -2.40. The summed E-state index contributed by atoms with van der Waals surface area (Å²) in [7, 11) is 4.01. The van der Waals surface area contributed by atoms with Gasteiger partial charge >= 0.3 is 0 Å². The van der Waals surface area contributed by atoms with Crippen LogP contribution in [-0.2, 0) is 14.1 Å². The van der Waals surface area contributed by atoms with E-state index < -0.39 is 0 Å². The van der Waals surface area contributed by atoms with E-state index in [-0.39, 0.29) is 0 Å². The van der Waals surface area contributed by atoms with Gasteiger partial charge in [-0.25, -0.2) is 0 Å². The topological polar surface area (TPSA) is 59.3 Å². The average molecular weight is 648 g/mol. The molecule has 0 fully saturated rings. The van der Waals surface area contributed by atoms with Gasteiger partial charge in [0.2, 0.25) is 9.60 Å². The Morgan fingerprint density at radius 3 is 1.64 bits per heavy atom. The fourth-order valence-corrected chi connectivity index (χ4v) is 5.37. The number of hydrogen-bond acceptors (Lipinski definition) is 6. The van der Waals surface area contributed by atoms with Gasteiger partial charge in [0.05, 0.1) is 11.4 Å². The molecule has 0 N–H and O–H groups in total. The zero-order chi connectivity index (χ0) is 26.2. The third kappa shape index (κ3) is 7.80. The van der Waals surface area contributed by atoms with Crippen molar-refractivity contribution in [3.8, 4) is 22.5 Å². The molecule has 0 radical (unpaired) electrons. The van der Waals surface area contributed by atoms with Crippen LogP contribution in [0.15, 0.2) is 88.6 Å². The highest BCUT2D eigenvalue weighted by Crippen LogP contribution is 2.23. The molecule has 4 rings (SSSR count). The summed E-state index contributed by atoms with van der Waals surface area (Å²) in [6.07, 6.45) is 0. The van der Waals surface area contributed by atoms with Gasteiger partial charge in [0.1, 0.15) is 0 Å². The first-order valence-corrected chi connectivity index (χ1v) is 14.4. The standard InChI is InChI=1S/2C13H14BrN3S/c1-9(2)15-16-13-17(3)12(8-18-13)10-4-6-11(14)7-5-10;1-9(2)15-16-13-17(3)12(8-18-13)10-5-4-6-11(14)7-10/h2*4-8H,1-3H3. The number of hydrogen-bond donors (Lipinski definition) is 0. The van der Waals surface area contributed by atoms with Gasteiger partial charge in [0, 0.05) is 50.8 Å². The summed E-state index contributed by atoms with van der Waals surface area (Å²) in [6, 6.07) is 16.5. The second kappa shape index (κ2) is 13.2. The maximum Gasteiger partial charge on any atom is 0.210 e. The second-order valence-corrected chi connectivity index (χ2v) is 11.7. The first-order chi connectivity index (χ1) is 17.2. The number of rotatable bonds is 4. The second-order valence-electron chi connectivity index (χ2n) is 8.24. The molecule has 0 amide bonds. The molecule has 188 valence electrons. The van der Waals surface area contributed by atoms with Crippen LogP contribution in [0.1, 0.15) is 27.7 Å². The summed E-state index contributed by atoms with van der Waals surface area (Å²) in [4.78, 5) is 1.79. The van der Waals surface area contributed by atoms with Crippen molar-refractivity contribution >= 4 is 66.0 Å². The highest BCUT2D eigenvalue weighted by Gasteiger charge is 2.05. The lowest BCUT2D eigenvalue weighted by molar-refractivity contribution is 0.862. The van der Waals surface area contributed by atoms with E-state index in [4.69, 9.17) is 0 Å². The zero-order valence-electron chi connectivity index (χ0n) is 21.0. The highest BCUT2D eigenvalue weighted by molar-refractivity contribution is 9.10. The Morgan fingerprint density at radius 2 is 1.17 bits per heavy atom. The molecule has 0 aliphatic carbocycles. The minimum absolute atomic E-state index is 0.895. The lowest BCUT2D eigenvalue weighted by atomic mass is 10.2. The van der Waals surface area contributed by atoms with E-state index in [1.165, 1.54) is 11.1 Å². The fourth-order valence-electron chi connectivity index (χ4n) is 3.00. The molecule has 10 heteroatoms. The molecular formula is C26H28Br2N6S2. The predicted molar refractivity (Wildman–Crippen MR) is 162 cm³/mol. The Kier molecular flexibility index (Phi) is 10.4. The van der Waals surface area contributed by atoms with Gasteiger partial charge in [0.15, 0.2) is 0 Å². The van der Waals surface area contributed by atoms with Crippen molar-refractivity contribution in [2.24, 2.45) is 34.5 Å². The van der Waals surface area contributed by atoms with E-state index >= 15 is 0 Å². The number of thiazole rings is 2. The van der Waals surface area contributed by atoms with Crippen LogP contribution in [0.3, 0.4) is 0 Å². The molecule has 0 saturated heterocycles. The molecule has 6 nitrogen and oxygen atoms in total. The number of benzene rings is 2. The number of halogens is 2. The Morgan fingerprint density at radius 1 is 0.667 bits per heavy atom. The molecule has 0 saturated carbocycles. The Bertz CT molecular complexity index is 1510. The van der Waals surface area contributed by atoms with Crippen LogP contribution in [0.2, 0.25) is 0 Å². The van der Waals surface area contributed by atoms with E-state index in [2.05, 4.69) is 96.4 Å². The number of nitrogens with zero attached hydrogens (tertiary/aromatic N) is 6. The lowest BCUT2D eigenvalue weighted by Crippen LogP contribution is -2.10. The minimum Gasteiger partial charge on any atom is -0.318 e. The van der Waals surface area contributed by atoms with E-state index in [0.717, 1.165) is 41.4 Å². The van der Waals surface area contributed by atoms with Crippen molar-refractivity contribution < 1.29 is 0 Å². The molecule has 36 heavy (non-hydrogen) atoms. The Balaban J connectivity index is 0.000000201. The van der Waals surface area contributed by atoms with Crippen LogP contribution in [0, 0.1) is 0 Å². The van der Waals surface area contributed by atoms with Crippen LogP contribution in [0.5, 0.6) is 0 Å². The van der Waals surface area contributed by atoms with Crippen molar-refractivity contribution in [2.75, 3.05) is 0 Å². The van der Waals surface area contributed by atoms with Gasteiger partial charge in [-0.2, -0.15) is 10.2 Å². The van der Waals surface area contributed by atoms with Crippen LogP contribution in [0.4, 0.5) is 0 Å². The maximum atomic E-state index is 4.23. The van der Waals surface area contributed by atoms with Crippen LogP contribution >= 0.6 is 54.5 Å². The molecule has 2 heterocycles. The van der Waals surface area contributed by atoms with Crippen LogP contribution < -0.4 is 9.60 Å². The molecule has 0 aliphatic heterocycles. The van der Waals surface area contributed by atoms with Gasteiger partial charge in [-0.1, -0.05) is 56.1 Å². The number of aromatic nitrogens is 2. The van der Waals surface area contributed by atoms with E-state index in [9.17, 15) is 0 Å². The predicted octanol–water partition coefficient (Wildman–Crippen LogP) is 7.63. The molecule has 0 bridgehead atoms. The van der Waals surface area contributed by atoms with Crippen LogP contribution in [0.25, 0.3) is 22.5 Å². The van der Waals surface area contributed by atoms with Gasteiger partial charge < -0.3 is 9.13 Å². The zero-order valence-corrected chi connectivity index (χ0v) is 25.8. The largest absolute Gasteiger partial charge is 0.318 e. The summed E-state index contributed by atoms with van der Waals surface area (Å²) in [6.45, 7) is 7.75. The molecule has 0 aliphatic rings. The normalized spacial score (nSPS) is 11.7. The van der Waals surface area contributed by atoms with Crippen LogP contribution in [-0.4, -0.2) is 20.6 Å². The summed E-state index contributed by atoms with van der Waals surface area (Å²) in [5.74, 6) is 0. The highest BCUT2D eigenvalue weighted by atomic mass is 79.9. The van der Waals surface area contributed by atoms with E-state index in [1.807, 2.05) is 66.1 Å². The molecule has 0 atom stereocenters. The summed E-state index contributed by atoms with van der Waals surface area (Å²) < 4.78 is 6.27. The summed E-state index contributed by atoms with van der Waals surface area (Å²) in [5.41, 5.74) is 6.54. The molecule has 2 aromatic carbocycles. The summed E-state index contributed by atoms with van der Waals surface area (Å²) >= 11 is 10.1. The smallest absolute Gasteiger partial charge is 0.210 e. The van der Waals surface area contributed by atoms with Crippen molar-refractivity contribution in [3.05, 3.63) is 77.8 Å². The fraction of sp³-hybridized carbons (Fsp3) is 0.231. The third-order valence-electron chi connectivity index (χ3n) is 4.78. The van der Waals surface area contributed by atoms with Gasteiger partial charge in [0.25, 0.3) is 0 Å². The van der Waals surface area contributed by atoms with E-state index in [1.54, 1.807) is 22.7 Å². The van der Waals surface area contributed by atoms with Crippen molar-refractivity contribution in [3.63, 3.8) is 0 Å². The third-order valence-corrected chi connectivity index (χ3v) is 7.62. The van der Waals surface area contributed by atoms with E-state index in [0.29, 0.717) is 0 Å². The quantitative estimate of drug-likeness (QED) is 0.162. The molecular weight excluding hydrogens is 620 g/mol. The lowest BCUT2D eigenvalue weighted by Gasteiger charge is -2.02. The monoisotopic (exact) mass is 646 g/mol. The first kappa shape index (κ1) is 28.2. The molecule has 0 unspecified atom stereocenters. The average Bonchev–Trinajstić information content (AvgIpc) is 3.39. The van der Waals surface area contributed by atoms with Crippen molar-refractivity contribution in [1.82, 2.24) is 9.13 Å². The van der Waals surface area contributed by atoms with Gasteiger partial charge in [-0.15, -0.1) is 32.9 Å². The van der Waals surface area contributed by atoms with Crippen molar-refractivity contribution in [1.29, 1.82) is 0 Å². The molecule has 0 spiro atoms. The maximum absolute atomic E-state index is 4.23. The van der Waals surface area contributed by atoms with Gasteiger partial charge in [-0.3, -0.25) is 0 Å². The van der Waals surface area contributed by atoms with Crippen molar-refractivity contribution in [2.45, 2.75) is 27.7 Å². The molecule has 2 aromatic heterocycles. The Labute approximate surface area is 236 Å². The summed E-state index contributed by atoms with van der Waals surface area (Å²) in [5, 5.41) is 20.9. The van der Waals surface area contributed by atoms with Gasteiger partial charge in [-0.05, 0) is 57.5 Å². The first-order valence-electron chi connectivity index (χ1n) is 11.1. The SMILES string of the molecule is CC(C)=NN=c1scc(-c2ccc(Br)cc2)n1C.CC(C)=NN=c1scc(-c2cccc(Br)c2)n1C.